The minimum absolute atomic E-state index is 0.0725. The van der Waals surface area contributed by atoms with Crippen LogP contribution in [0.2, 0.25) is 0 Å². The van der Waals surface area contributed by atoms with Gasteiger partial charge < -0.3 is 10.2 Å². The van der Waals surface area contributed by atoms with Gasteiger partial charge in [0.2, 0.25) is 15.9 Å². The van der Waals surface area contributed by atoms with Crippen LogP contribution in [0.3, 0.4) is 0 Å². The van der Waals surface area contributed by atoms with E-state index in [0.29, 0.717) is 6.54 Å². The van der Waals surface area contributed by atoms with E-state index in [2.05, 4.69) is 44.1 Å². The maximum absolute atomic E-state index is 12.0. The lowest BCUT2D eigenvalue weighted by molar-refractivity contribution is -0.120. The molecular formula is C23H30N4O3S. The lowest BCUT2D eigenvalue weighted by Crippen LogP contribution is -2.48. The lowest BCUT2D eigenvalue weighted by Gasteiger charge is -2.36. The predicted molar refractivity (Wildman–Crippen MR) is 125 cm³/mol. The zero-order valence-corrected chi connectivity index (χ0v) is 18.4. The summed E-state index contributed by atoms with van der Waals surface area (Å²) < 4.78 is 26.4. The summed E-state index contributed by atoms with van der Waals surface area (Å²) >= 11 is 0. The second kappa shape index (κ2) is 11.6. The number of nitrogens with one attached hydrogen (secondary N) is 2. The van der Waals surface area contributed by atoms with E-state index in [4.69, 9.17) is 0 Å². The first-order valence-electron chi connectivity index (χ1n) is 10.5. The van der Waals surface area contributed by atoms with Crippen molar-refractivity contribution in [3.63, 3.8) is 0 Å². The molecule has 1 aliphatic heterocycles. The highest BCUT2D eigenvalue weighted by Crippen LogP contribution is 2.15. The van der Waals surface area contributed by atoms with E-state index >= 15 is 0 Å². The van der Waals surface area contributed by atoms with Crippen LogP contribution in [0.5, 0.6) is 0 Å². The van der Waals surface area contributed by atoms with Crippen LogP contribution in [-0.2, 0) is 14.8 Å². The summed E-state index contributed by atoms with van der Waals surface area (Å²) in [5.74, 6) is -0.155. The van der Waals surface area contributed by atoms with Gasteiger partial charge in [-0.3, -0.25) is 9.69 Å². The lowest BCUT2D eigenvalue weighted by atomic mass is 10.2. The van der Waals surface area contributed by atoms with Gasteiger partial charge in [-0.2, -0.15) is 0 Å². The van der Waals surface area contributed by atoms with Crippen LogP contribution >= 0.6 is 0 Å². The Hall–Kier alpha value is -2.68. The molecule has 2 aromatic rings. The third-order valence-corrected chi connectivity index (χ3v) is 6.24. The zero-order chi connectivity index (χ0) is 21.9. The van der Waals surface area contributed by atoms with Gasteiger partial charge in [0, 0.05) is 63.3 Å². The number of rotatable bonds is 10. The summed E-state index contributed by atoms with van der Waals surface area (Å²) in [4.78, 5) is 16.7. The summed E-state index contributed by atoms with van der Waals surface area (Å²) in [7, 11) is -3.56. The standard InChI is InChI=1S/C23H30N4O3S/c28-23(11-13-25-31(29,30)20-12-21-7-3-1-4-8-21)24-14-15-26-16-18-27(19-17-26)22-9-5-2-6-10-22/h1-10,12,20,25H,11,13-19H2,(H,24,28)/b20-12+. The highest BCUT2D eigenvalue weighted by Gasteiger charge is 2.16. The van der Waals surface area contributed by atoms with E-state index in [-0.39, 0.29) is 18.9 Å². The Bertz CT molecular complexity index is 941. The van der Waals surface area contributed by atoms with Crippen LogP contribution in [0.15, 0.2) is 66.1 Å². The van der Waals surface area contributed by atoms with Crippen molar-refractivity contribution >= 4 is 27.7 Å². The van der Waals surface area contributed by atoms with Crippen molar-refractivity contribution in [3.05, 3.63) is 71.6 Å². The first-order chi connectivity index (χ1) is 15.0. The topological polar surface area (TPSA) is 81.7 Å². The summed E-state index contributed by atoms with van der Waals surface area (Å²) in [5.41, 5.74) is 2.05. The SMILES string of the molecule is O=C(CCNS(=O)(=O)/C=C/c1ccccc1)NCCN1CCN(c2ccccc2)CC1. The molecule has 0 spiro atoms. The van der Waals surface area contributed by atoms with Crippen LogP contribution in [0, 0.1) is 0 Å². The van der Waals surface area contributed by atoms with Crippen molar-refractivity contribution in [2.24, 2.45) is 0 Å². The van der Waals surface area contributed by atoms with Crippen LogP contribution in [-0.4, -0.2) is 65.0 Å². The number of para-hydroxylation sites is 1. The van der Waals surface area contributed by atoms with Crippen molar-refractivity contribution in [1.82, 2.24) is 14.9 Å². The van der Waals surface area contributed by atoms with E-state index in [1.165, 1.54) is 11.8 Å². The van der Waals surface area contributed by atoms with Gasteiger partial charge in [0.1, 0.15) is 0 Å². The highest BCUT2D eigenvalue weighted by molar-refractivity contribution is 7.92. The molecule has 7 nitrogen and oxygen atoms in total. The molecule has 1 amide bonds. The molecule has 8 heteroatoms. The number of carbonyl (C=O) groups excluding carboxylic acids is 1. The summed E-state index contributed by atoms with van der Waals surface area (Å²) in [5, 5.41) is 3.99. The molecule has 1 fully saturated rings. The van der Waals surface area contributed by atoms with Crippen molar-refractivity contribution in [1.29, 1.82) is 0 Å². The van der Waals surface area contributed by atoms with E-state index in [0.717, 1.165) is 43.7 Å². The molecule has 3 rings (SSSR count). The molecule has 0 atom stereocenters. The average molecular weight is 443 g/mol. The number of piperazine rings is 1. The second-order valence-corrected chi connectivity index (χ2v) is 9.07. The number of amides is 1. The molecule has 31 heavy (non-hydrogen) atoms. The fourth-order valence-corrected chi connectivity index (χ4v) is 4.22. The molecule has 1 heterocycles. The normalized spacial score (nSPS) is 15.3. The van der Waals surface area contributed by atoms with Crippen molar-refractivity contribution < 1.29 is 13.2 Å². The summed E-state index contributed by atoms with van der Waals surface area (Å²) in [6.45, 7) is 5.27. The quantitative estimate of drug-likeness (QED) is 0.587. The van der Waals surface area contributed by atoms with Gasteiger partial charge in [0.05, 0.1) is 0 Å². The summed E-state index contributed by atoms with van der Waals surface area (Å²) in [6.07, 6.45) is 1.64. The number of nitrogens with zero attached hydrogens (tertiary/aromatic N) is 2. The van der Waals surface area contributed by atoms with Crippen LogP contribution in [0.25, 0.3) is 6.08 Å². The fraction of sp³-hybridized carbons (Fsp3) is 0.348. The molecule has 0 aliphatic carbocycles. The first-order valence-corrected chi connectivity index (χ1v) is 12.1. The smallest absolute Gasteiger partial charge is 0.233 e. The minimum atomic E-state index is -3.56. The maximum atomic E-state index is 12.0. The van der Waals surface area contributed by atoms with Gasteiger partial charge in [0.15, 0.2) is 0 Å². The number of carbonyl (C=O) groups is 1. The van der Waals surface area contributed by atoms with Crippen LogP contribution < -0.4 is 14.9 Å². The van der Waals surface area contributed by atoms with E-state index in [1.807, 2.05) is 36.4 Å². The average Bonchev–Trinajstić information content (AvgIpc) is 2.79. The van der Waals surface area contributed by atoms with Gasteiger partial charge in [-0.05, 0) is 23.8 Å². The van der Waals surface area contributed by atoms with Gasteiger partial charge in [-0.1, -0.05) is 48.5 Å². The molecule has 0 radical (unpaired) electrons. The predicted octanol–water partition coefficient (Wildman–Crippen LogP) is 1.91. The molecule has 2 N–H and O–H groups in total. The molecule has 166 valence electrons. The van der Waals surface area contributed by atoms with E-state index in [1.54, 1.807) is 0 Å². The Morgan fingerprint density at radius 1 is 0.903 bits per heavy atom. The number of hydrogen-bond acceptors (Lipinski definition) is 5. The first kappa shape index (κ1) is 23.0. The van der Waals surface area contributed by atoms with Crippen molar-refractivity contribution in [2.45, 2.75) is 6.42 Å². The third-order valence-electron chi connectivity index (χ3n) is 5.14. The molecule has 0 bridgehead atoms. The maximum Gasteiger partial charge on any atom is 0.233 e. The Labute approximate surface area is 184 Å². The zero-order valence-electron chi connectivity index (χ0n) is 17.6. The van der Waals surface area contributed by atoms with Gasteiger partial charge in [0.25, 0.3) is 0 Å². The van der Waals surface area contributed by atoms with E-state index < -0.39 is 10.0 Å². The van der Waals surface area contributed by atoms with Crippen LogP contribution in [0.1, 0.15) is 12.0 Å². The Kier molecular flexibility index (Phi) is 8.63. The molecule has 0 aromatic heterocycles. The number of hydrogen-bond donors (Lipinski definition) is 2. The number of sulfonamides is 1. The Balaban J connectivity index is 1.28. The highest BCUT2D eigenvalue weighted by atomic mass is 32.2. The molecular weight excluding hydrogens is 412 g/mol. The number of anilines is 1. The minimum Gasteiger partial charge on any atom is -0.369 e. The van der Waals surface area contributed by atoms with Gasteiger partial charge >= 0.3 is 0 Å². The van der Waals surface area contributed by atoms with Crippen molar-refractivity contribution in [2.75, 3.05) is 50.7 Å². The number of benzene rings is 2. The molecule has 1 saturated heterocycles. The van der Waals surface area contributed by atoms with Crippen LogP contribution in [0.4, 0.5) is 5.69 Å². The fourth-order valence-electron chi connectivity index (χ4n) is 3.40. The van der Waals surface area contributed by atoms with Gasteiger partial charge in [-0.25, -0.2) is 13.1 Å². The van der Waals surface area contributed by atoms with E-state index in [9.17, 15) is 13.2 Å². The molecule has 1 aliphatic rings. The monoisotopic (exact) mass is 442 g/mol. The Morgan fingerprint density at radius 3 is 2.23 bits per heavy atom. The molecule has 0 saturated carbocycles. The molecule has 2 aromatic carbocycles. The molecule has 0 unspecified atom stereocenters. The van der Waals surface area contributed by atoms with Crippen molar-refractivity contribution in [3.8, 4) is 0 Å². The third kappa shape index (κ3) is 8.16. The Morgan fingerprint density at radius 2 is 1.55 bits per heavy atom. The summed E-state index contributed by atoms with van der Waals surface area (Å²) in [6, 6.07) is 19.6. The largest absolute Gasteiger partial charge is 0.369 e. The van der Waals surface area contributed by atoms with Gasteiger partial charge in [-0.15, -0.1) is 0 Å². The second-order valence-electron chi connectivity index (χ2n) is 7.42.